The van der Waals surface area contributed by atoms with Crippen LogP contribution in [-0.2, 0) is 11.3 Å². The average Bonchev–Trinajstić information content (AvgIpc) is 2.70. The molecule has 0 aliphatic heterocycles. The fraction of sp³-hybridized carbons (Fsp3) is 0.429. The first kappa shape index (κ1) is 12.1. The van der Waals surface area contributed by atoms with Gasteiger partial charge in [0, 0.05) is 11.9 Å². The molecule has 0 fully saturated rings. The van der Waals surface area contributed by atoms with E-state index in [1.54, 1.807) is 0 Å². The average molecular weight is 233 g/mol. The second-order valence-corrected chi connectivity index (χ2v) is 4.35. The Bertz CT molecular complexity index is 429. The number of hydrogen-bond acceptors (Lipinski definition) is 3. The smallest absolute Gasteiger partial charge is 0.134 e. The van der Waals surface area contributed by atoms with Crippen LogP contribution in [0.4, 0.5) is 0 Å². The van der Waals surface area contributed by atoms with Crippen LogP contribution >= 0.6 is 0 Å². The predicted molar refractivity (Wildman–Crippen MR) is 69.0 cm³/mol. The van der Waals surface area contributed by atoms with Gasteiger partial charge < -0.3 is 14.5 Å². The van der Waals surface area contributed by atoms with Gasteiger partial charge in [0.2, 0.25) is 0 Å². The van der Waals surface area contributed by atoms with E-state index in [1.165, 1.54) is 0 Å². The molecule has 0 spiro atoms. The van der Waals surface area contributed by atoms with E-state index in [9.17, 15) is 0 Å². The minimum Gasteiger partial charge on any atom is -0.460 e. The summed E-state index contributed by atoms with van der Waals surface area (Å²) in [6, 6.07) is 10.1. The minimum atomic E-state index is 0.294. The van der Waals surface area contributed by atoms with Crippen molar-refractivity contribution in [2.75, 3.05) is 13.2 Å². The molecular weight excluding hydrogens is 214 g/mol. The molecule has 0 aliphatic rings. The summed E-state index contributed by atoms with van der Waals surface area (Å²) in [5.41, 5.74) is 0.947. The SMILES string of the molecule is CC(C)OCCNCc1cc2ccccc2o1. The molecule has 3 nitrogen and oxygen atoms in total. The summed E-state index contributed by atoms with van der Waals surface area (Å²) < 4.78 is 11.1. The summed E-state index contributed by atoms with van der Waals surface area (Å²) in [7, 11) is 0. The lowest BCUT2D eigenvalue weighted by Gasteiger charge is -2.07. The van der Waals surface area contributed by atoms with Gasteiger partial charge in [-0.25, -0.2) is 0 Å². The van der Waals surface area contributed by atoms with Crippen molar-refractivity contribution < 1.29 is 9.15 Å². The third-order valence-electron chi connectivity index (χ3n) is 2.51. The third kappa shape index (κ3) is 3.58. The number of para-hydroxylation sites is 1. The summed E-state index contributed by atoms with van der Waals surface area (Å²) >= 11 is 0. The van der Waals surface area contributed by atoms with Crippen molar-refractivity contribution in [1.82, 2.24) is 5.32 Å². The molecule has 0 radical (unpaired) electrons. The first-order valence-corrected chi connectivity index (χ1v) is 6.05. The molecule has 0 bridgehead atoms. The predicted octanol–water partition coefficient (Wildman–Crippen LogP) is 2.95. The largest absolute Gasteiger partial charge is 0.460 e. The third-order valence-corrected chi connectivity index (χ3v) is 2.51. The van der Waals surface area contributed by atoms with E-state index in [0.717, 1.165) is 36.4 Å². The van der Waals surface area contributed by atoms with Crippen molar-refractivity contribution >= 4 is 11.0 Å². The van der Waals surface area contributed by atoms with Gasteiger partial charge in [-0.15, -0.1) is 0 Å². The van der Waals surface area contributed by atoms with Crippen LogP contribution in [0.25, 0.3) is 11.0 Å². The lowest BCUT2D eigenvalue weighted by molar-refractivity contribution is 0.0805. The van der Waals surface area contributed by atoms with Gasteiger partial charge in [-0.1, -0.05) is 18.2 Å². The Morgan fingerprint density at radius 3 is 2.88 bits per heavy atom. The summed E-state index contributed by atoms with van der Waals surface area (Å²) in [4.78, 5) is 0. The lowest BCUT2D eigenvalue weighted by atomic mass is 10.2. The Hall–Kier alpha value is -1.32. The molecule has 1 heterocycles. The molecule has 2 aromatic rings. The number of hydrogen-bond donors (Lipinski definition) is 1. The zero-order valence-electron chi connectivity index (χ0n) is 10.4. The van der Waals surface area contributed by atoms with Gasteiger partial charge in [-0.3, -0.25) is 0 Å². The molecule has 2 rings (SSSR count). The van der Waals surface area contributed by atoms with E-state index >= 15 is 0 Å². The zero-order valence-corrected chi connectivity index (χ0v) is 10.4. The maximum atomic E-state index is 5.69. The topological polar surface area (TPSA) is 34.4 Å². The summed E-state index contributed by atoms with van der Waals surface area (Å²) in [5.74, 6) is 0.968. The van der Waals surface area contributed by atoms with Crippen LogP contribution in [0.1, 0.15) is 19.6 Å². The number of furan rings is 1. The second kappa shape index (κ2) is 5.84. The molecular formula is C14H19NO2. The van der Waals surface area contributed by atoms with E-state index in [2.05, 4.69) is 17.4 Å². The number of rotatable bonds is 6. The zero-order chi connectivity index (χ0) is 12.1. The van der Waals surface area contributed by atoms with Gasteiger partial charge in [0.1, 0.15) is 11.3 Å². The van der Waals surface area contributed by atoms with Crippen LogP contribution in [0.3, 0.4) is 0 Å². The Balaban J connectivity index is 1.79. The molecule has 0 amide bonds. The Kier molecular flexibility index (Phi) is 4.18. The standard InChI is InChI=1S/C14H19NO2/c1-11(2)16-8-7-15-10-13-9-12-5-3-4-6-14(12)17-13/h3-6,9,11,15H,7-8,10H2,1-2H3. The molecule has 17 heavy (non-hydrogen) atoms. The van der Waals surface area contributed by atoms with Gasteiger partial charge in [-0.05, 0) is 26.0 Å². The number of ether oxygens (including phenoxy) is 1. The molecule has 0 unspecified atom stereocenters. The van der Waals surface area contributed by atoms with Crippen LogP contribution in [0.2, 0.25) is 0 Å². The molecule has 1 N–H and O–H groups in total. The fourth-order valence-electron chi connectivity index (χ4n) is 1.70. The number of nitrogens with one attached hydrogen (secondary N) is 1. The van der Waals surface area contributed by atoms with Crippen molar-refractivity contribution in [3.63, 3.8) is 0 Å². The van der Waals surface area contributed by atoms with Crippen molar-refractivity contribution in [2.24, 2.45) is 0 Å². The first-order valence-electron chi connectivity index (χ1n) is 6.05. The fourth-order valence-corrected chi connectivity index (χ4v) is 1.70. The normalized spacial score (nSPS) is 11.5. The molecule has 0 atom stereocenters. The minimum absolute atomic E-state index is 0.294. The maximum absolute atomic E-state index is 5.69. The molecule has 0 saturated heterocycles. The summed E-state index contributed by atoms with van der Waals surface area (Å²) in [6.07, 6.45) is 0.294. The van der Waals surface area contributed by atoms with E-state index in [4.69, 9.17) is 9.15 Å². The van der Waals surface area contributed by atoms with Crippen molar-refractivity contribution in [3.8, 4) is 0 Å². The Morgan fingerprint density at radius 1 is 1.29 bits per heavy atom. The van der Waals surface area contributed by atoms with Gasteiger partial charge in [-0.2, -0.15) is 0 Å². The van der Waals surface area contributed by atoms with Crippen LogP contribution in [-0.4, -0.2) is 19.3 Å². The highest BCUT2D eigenvalue weighted by Crippen LogP contribution is 2.18. The van der Waals surface area contributed by atoms with E-state index in [1.807, 2.05) is 32.0 Å². The second-order valence-electron chi connectivity index (χ2n) is 4.35. The molecule has 1 aromatic carbocycles. The molecule has 92 valence electrons. The molecule has 0 saturated carbocycles. The summed E-state index contributed by atoms with van der Waals surface area (Å²) in [5, 5.41) is 4.45. The quantitative estimate of drug-likeness (QED) is 0.779. The number of benzene rings is 1. The van der Waals surface area contributed by atoms with Gasteiger partial charge in [0.25, 0.3) is 0 Å². The van der Waals surface area contributed by atoms with Crippen molar-refractivity contribution in [1.29, 1.82) is 0 Å². The molecule has 0 aliphatic carbocycles. The van der Waals surface area contributed by atoms with Gasteiger partial charge in [0.05, 0.1) is 19.3 Å². The first-order chi connectivity index (χ1) is 8.25. The molecule has 1 aromatic heterocycles. The van der Waals surface area contributed by atoms with Gasteiger partial charge in [0.15, 0.2) is 0 Å². The van der Waals surface area contributed by atoms with E-state index in [0.29, 0.717) is 6.10 Å². The van der Waals surface area contributed by atoms with Crippen LogP contribution < -0.4 is 5.32 Å². The van der Waals surface area contributed by atoms with Crippen LogP contribution in [0.15, 0.2) is 34.7 Å². The van der Waals surface area contributed by atoms with Crippen LogP contribution in [0, 0.1) is 0 Å². The van der Waals surface area contributed by atoms with E-state index < -0.39 is 0 Å². The highest BCUT2D eigenvalue weighted by molar-refractivity contribution is 5.77. The van der Waals surface area contributed by atoms with Crippen LogP contribution in [0.5, 0.6) is 0 Å². The highest BCUT2D eigenvalue weighted by Gasteiger charge is 2.02. The lowest BCUT2D eigenvalue weighted by Crippen LogP contribution is -2.20. The Morgan fingerprint density at radius 2 is 2.12 bits per heavy atom. The monoisotopic (exact) mass is 233 g/mol. The van der Waals surface area contributed by atoms with Crippen molar-refractivity contribution in [2.45, 2.75) is 26.5 Å². The maximum Gasteiger partial charge on any atom is 0.134 e. The number of fused-ring (bicyclic) bond motifs is 1. The summed E-state index contributed by atoms with van der Waals surface area (Å²) in [6.45, 7) is 6.40. The van der Waals surface area contributed by atoms with E-state index in [-0.39, 0.29) is 0 Å². The molecule has 3 heteroatoms. The van der Waals surface area contributed by atoms with Gasteiger partial charge >= 0.3 is 0 Å². The highest BCUT2D eigenvalue weighted by atomic mass is 16.5. The van der Waals surface area contributed by atoms with Crippen molar-refractivity contribution in [3.05, 3.63) is 36.1 Å². The Labute approximate surface area is 102 Å².